The van der Waals surface area contributed by atoms with E-state index < -0.39 is 0 Å². The maximum Gasteiger partial charge on any atom is 0.123 e. The third kappa shape index (κ3) is 3.15. The van der Waals surface area contributed by atoms with Crippen molar-refractivity contribution < 1.29 is 19.3 Å². The lowest BCUT2D eigenvalue weighted by Gasteiger charge is -2.39. The standard InChI is InChI=1S/C14H20O4/c1-2-6-17-12-4-3-5-13(7-12)18-11-14(8-15)9-16-10-14/h3-5,7,15H,2,6,8-11H2,1H3. The van der Waals surface area contributed by atoms with Gasteiger partial charge in [-0.2, -0.15) is 0 Å². The van der Waals surface area contributed by atoms with E-state index in [1.807, 2.05) is 24.3 Å². The van der Waals surface area contributed by atoms with Gasteiger partial charge in [-0.1, -0.05) is 13.0 Å². The van der Waals surface area contributed by atoms with Crippen molar-refractivity contribution in [1.29, 1.82) is 0 Å². The molecule has 1 aromatic carbocycles. The Morgan fingerprint density at radius 1 is 1.28 bits per heavy atom. The molecule has 0 saturated carbocycles. The SMILES string of the molecule is CCCOc1cccc(OCC2(CO)COC2)c1. The minimum atomic E-state index is -0.222. The zero-order chi connectivity index (χ0) is 12.8. The van der Waals surface area contributed by atoms with E-state index in [0.29, 0.717) is 26.4 Å². The Morgan fingerprint density at radius 2 is 2.00 bits per heavy atom. The van der Waals surface area contributed by atoms with Crippen LogP contribution in [0.25, 0.3) is 0 Å². The zero-order valence-electron chi connectivity index (χ0n) is 10.7. The van der Waals surface area contributed by atoms with Crippen LogP contribution in [0.5, 0.6) is 11.5 Å². The number of benzene rings is 1. The molecule has 1 aromatic rings. The molecule has 2 rings (SSSR count). The molecule has 0 radical (unpaired) electrons. The second-order valence-corrected chi connectivity index (χ2v) is 4.76. The smallest absolute Gasteiger partial charge is 0.123 e. The Labute approximate surface area is 107 Å². The quantitative estimate of drug-likeness (QED) is 0.804. The number of rotatable bonds is 7. The molecule has 1 N–H and O–H groups in total. The average molecular weight is 252 g/mol. The summed E-state index contributed by atoms with van der Waals surface area (Å²) >= 11 is 0. The van der Waals surface area contributed by atoms with Crippen LogP contribution in [0.1, 0.15) is 13.3 Å². The minimum absolute atomic E-state index is 0.0963. The summed E-state index contributed by atoms with van der Waals surface area (Å²) in [7, 11) is 0. The molecule has 0 spiro atoms. The van der Waals surface area contributed by atoms with Crippen molar-refractivity contribution in [2.24, 2.45) is 5.41 Å². The van der Waals surface area contributed by atoms with Gasteiger partial charge in [-0.25, -0.2) is 0 Å². The van der Waals surface area contributed by atoms with Crippen molar-refractivity contribution >= 4 is 0 Å². The van der Waals surface area contributed by atoms with Crippen molar-refractivity contribution in [3.8, 4) is 11.5 Å². The lowest BCUT2D eigenvalue weighted by Crippen LogP contribution is -2.49. The highest BCUT2D eigenvalue weighted by Crippen LogP contribution is 2.28. The van der Waals surface area contributed by atoms with E-state index in [4.69, 9.17) is 14.2 Å². The molecule has 1 saturated heterocycles. The van der Waals surface area contributed by atoms with Gasteiger partial charge < -0.3 is 19.3 Å². The van der Waals surface area contributed by atoms with Gasteiger partial charge in [0.15, 0.2) is 0 Å². The summed E-state index contributed by atoms with van der Waals surface area (Å²) in [5, 5.41) is 9.30. The summed E-state index contributed by atoms with van der Waals surface area (Å²) in [5.41, 5.74) is -0.222. The molecular formula is C14H20O4. The van der Waals surface area contributed by atoms with E-state index in [0.717, 1.165) is 17.9 Å². The van der Waals surface area contributed by atoms with Gasteiger partial charge in [-0.15, -0.1) is 0 Å². The van der Waals surface area contributed by atoms with Crippen molar-refractivity contribution in [2.75, 3.05) is 33.0 Å². The normalized spacial score (nSPS) is 17.0. The van der Waals surface area contributed by atoms with Crippen LogP contribution in [0.3, 0.4) is 0 Å². The predicted molar refractivity (Wildman–Crippen MR) is 68.1 cm³/mol. The topological polar surface area (TPSA) is 47.9 Å². The Bertz CT molecular complexity index is 368. The summed E-state index contributed by atoms with van der Waals surface area (Å²) in [6.45, 7) is 4.48. The number of hydrogen-bond acceptors (Lipinski definition) is 4. The fourth-order valence-electron chi connectivity index (χ4n) is 1.72. The van der Waals surface area contributed by atoms with E-state index in [1.54, 1.807) is 0 Å². The molecule has 4 heteroatoms. The maximum atomic E-state index is 9.30. The number of aliphatic hydroxyl groups excluding tert-OH is 1. The van der Waals surface area contributed by atoms with E-state index in [-0.39, 0.29) is 12.0 Å². The first-order valence-corrected chi connectivity index (χ1v) is 6.32. The molecule has 0 aliphatic carbocycles. The molecule has 0 bridgehead atoms. The maximum absolute atomic E-state index is 9.30. The summed E-state index contributed by atoms with van der Waals surface area (Å²) in [6.07, 6.45) is 0.982. The van der Waals surface area contributed by atoms with Crippen molar-refractivity contribution in [3.05, 3.63) is 24.3 Å². The summed E-state index contributed by atoms with van der Waals surface area (Å²) in [6, 6.07) is 7.59. The van der Waals surface area contributed by atoms with Gasteiger partial charge in [0.25, 0.3) is 0 Å². The lowest BCUT2D eigenvalue weighted by molar-refractivity contribution is -0.153. The van der Waals surface area contributed by atoms with E-state index >= 15 is 0 Å². The second-order valence-electron chi connectivity index (χ2n) is 4.76. The molecule has 0 atom stereocenters. The summed E-state index contributed by atoms with van der Waals surface area (Å²) < 4.78 is 16.4. The van der Waals surface area contributed by atoms with Gasteiger partial charge >= 0.3 is 0 Å². The monoisotopic (exact) mass is 252 g/mol. The first-order chi connectivity index (χ1) is 8.78. The van der Waals surface area contributed by atoms with Crippen LogP contribution in [0, 0.1) is 5.41 Å². The highest BCUT2D eigenvalue weighted by atomic mass is 16.5. The molecule has 18 heavy (non-hydrogen) atoms. The molecule has 1 aliphatic heterocycles. The lowest BCUT2D eigenvalue weighted by atomic mass is 9.88. The van der Waals surface area contributed by atoms with Gasteiger partial charge in [0.1, 0.15) is 18.1 Å². The van der Waals surface area contributed by atoms with Crippen LogP contribution in [0.15, 0.2) is 24.3 Å². The predicted octanol–water partition coefficient (Wildman–Crippen LogP) is 1.86. The first kappa shape index (κ1) is 13.2. The Hall–Kier alpha value is -1.26. The fraction of sp³-hybridized carbons (Fsp3) is 0.571. The van der Waals surface area contributed by atoms with Gasteiger partial charge in [0.2, 0.25) is 0 Å². The molecule has 0 unspecified atom stereocenters. The first-order valence-electron chi connectivity index (χ1n) is 6.32. The van der Waals surface area contributed by atoms with Crippen molar-refractivity contribution in [1.82, 2.24) is 0 Å². The summed E-state index contributed by atoms with van der Waals surface area (Å²) in [4.78, 5) is 0. The van der Waals surface area contributed by atoms with Gasteiger partial charge in [0, 0.05) is 6.07 Å². The molecule has 4 nitrogen and oxygen atoms in total. The molecule has 0 aromatic heterocycles. The number of hydrogen-bond donors (Lipinski definition) is 1. The molecule has 1 heterocycles. The largest absolute Gasteiger partial charge is 0.493 e. The van der Waals surface area contributed by atoms with E-state index in [1.165, 1.54) is 0 Å². The van der Waals surface area contributed by atoms with Crippen LogP contribution in [-0.4, -0.2) is 38.1 Å². The molecule has 0 amide bonds. The number of ether oxygens (including phenoxy) is 3. The van der Waals surface area contributed by atoms with Gasteiger partial charge in [-0.05, 0) is 18.6 Å². The Kier molecular flexibility index (Phi) is 4.44. The van der Waals surface area contributed by atoms with E-state index in [9.17, 15) is 5.11 Å². The van der Waals surface area contributed by atoms with Crippen molar-refractivity contribution in [3.63, 3.8) is 0 Å². The zero-order valence-corrected chi connectivity index (χ0v) is 10.7. The molecule has 1 aliphatic rings. The number of aliphatic hydroxyl groups is 1. The third-order valence-corrected chi connectivity index (χ3v) is 2.98. The van der Waals surface area contributed by atoms with Crippen LogP contribution in [-0.2, 0) is 4.74 Å². The fourth-order valence-corrected chi connectivity index (χ4v) is 1.72. The van der Waals surface area contributed by atoms with Crippen LogP contribution >= 0.6 is 0 Å². The van der Waals surface area contributed by atoms with Gasteiger partial charge in [0.05, 0.1) is 31.8 Å². The molecule has 100 valence electrons. The molecular weight excluding hydrogens is 232 g/mol. The van der Waals surface area contributed by atoms with E-state index in [2.05, 4.69) is 6.92 Å². The summed E-state index contributed by atoms with van der Waals surface area (Å²) in [5.74, 6) is 1.58. The van der Waals surface area contributed by atoms with Crippen LogP contribution in [0.2, 0.25) is 0 Å². The highest BCUT2D eigenvalue weighted by molar-refractivity contribution is 5.33. The molecule has 1 fully saturated rings. The Morgan fingerprint density at radius 3 is 2.56 bits per heavy atom. The average Bonchev–Trinajstić information content (AvgIpc) is 2.36. The Balaban J connectivity index is 1.88. The van der Waals surface area contributed by atoms with Gasteiger partial charge in [-0.3, -0.25) is 0 Å². The van der Waals surface area contributed by atoms with Crippen LogP contribution in [0.4, 0.5) is 0 Å². The van der Waals surface area contributed by atoms with Crippen LogP contribution < -0.4 is 9.47 Å². The highest BCUT2D eigenvalue weighted by Gasteiger charge is 2.39. The minimum Gasteiger partial charge on any atom is -0.493 e. The third-order valence-electron chi connectivity index (χ3n) is 2.98. The second kappa shape index (κ2) is 6.07. The van der Waals surface area contributed by atoms with Crippen molar-refractivity contribution in [2.45, 2.75) is 13.3 Å².